The summed E-state index contributed by atoms with van der Waals surface area (Å²) < 4.78 is 10.5. The van der Waals surface area contributed by atoms with Crippen LogP contribution in [0.3, 0.4) is 0 Å². The van der Waals surface area contributed by atoms with Gasteiger partial charge in [-0.3, -0.25) is 5.10 Å². The first-order valence-electron chi connectivity index (χ1n) is 4.98. The number of hydrogen-bond acceptors (Lipinski definition) is 3. The first-order chi connectivity index (χ1) is 7.76. The summed E-state index contributed by atoms with van der Waals surface area (Å²) in [6, 6.07) is 5.82. The number of benzene rings is 1. The van der Waals surface area contributed by atoms with E-state index in [2.05, 4.69) is 10.2 Å². The predicted molar refractivity (Wildman–Crippen MR) is 61.9 cm³/mol. The highest BCUT2D eigenvalue weighted by Crippen LogP contribution is 2.34. The second-order valence-corrected chi connectivity index (χ2v) is 3.49. The molecule has 0 amide bonds. The Balaban J connectivity index is 2.55. The molecule has 1 heterocycles. The standard InChI is InChI=1S/C12H14N2O2/c1-8-6-11(15-2)12(16-3)7-9(8)10-4-5-13-14-10/h4-7H,1-3H3,(H,13,14). The quantitative estimate of drug-likeness (QED) is 0.860. The van der Waals surface area contributed by atoms with E-state index in [1.54, 1.807) is 20.4 Å². The minimum atomic E-state index is 0.720. The number of nitrogens with zero attached hydrogens (tertiary/aromatic N) is 1. The Kier molecular flexibility index (Phi) is 2.81. The van der Waals surface area contributed by atoms with Gasteiger partial charge >= 0.3 is 0 Å². The lowest BCUT2D eigenvalue weighted by Gasteiger charge is -2.11. The lowest BCUT2D eigenvalue weighted by atomic mass is 10.0. The van der Waals surface area contributed by atoms with Gasteiger partial charge in [-0.05, 0) is 30.7 Å². The number of methoxy groups -OCH3 is 2. The average molecular weight is 218 g/mol. The van der Waals surface area contributed by atoms with Crippen molar-refractivity contribution in [3.63, 3.8) is 0 Å². The molecular weight excluding hydrogens is 204 g/mol. The highest BCUT2D eigenvalue weighted by molar-refractivity contribution is 5.67. The molecule has 0 atom stereocenters. The number of aryl methyl sites for hydroxylation is 1. The summed E-state index contributed by atoms with van der Waals surface area (Å²) in [4.78, 5) is 0. The van der Waals surface area contributed by atoms with E-state index < -0.39 is 0 Å². The molecule has 1 aromatic heterocycles. The highest BCUT2D eigenvalue weighted by Gasteiger charge is 2.10. The summed E-state index contributed by atoms with van der Waals surface area (Å²) in [5.74, 6) is 1.46. The maximum atomic E-state index is 5.27. The molecule has 4 heteroatoms. The molecule has 2 rings (SSSR count). The molecule has 0 spiro atoms. The van der Waals surface area contributed by atoms with Gasteiger partial charge in [0.2, 0.25) is 0 Å². The average Bonchev–Trinajstić information content (AvgIpc) is 2.82. The fourth-order valence-corrected chi connectivity index (χ4v) is 1.68. The van der Waals surface area contributed by atoms with E-state index in [-0.39, 0.29) is 0 Å². The van der Waals surface area contributed by atoms with Gasteiger partial charge in [0.1, 0.15) is 0 Å². The van der Waals surface area contributed by atoms with Gasteiger partial charge in [-0.25, -0.2) is 0 Å². The van der Waals surface area contributed by atoms with Crippen molar-refractivity contribution in [2.45, 2.75) is 6.92 Å². The molecule has 0 aliphatic rings. The largest absolute Gasteiger partial charge is 0.493 e. The summed E-state index contributed by atoms with van der Waals surface area (Å²) in [7, 11) is 3.26. The van der Waals surface area contributed by atoms with E-state index in [4.69, 9.17) is 9.47 Å². The minimum absolute atomic E-state index is 0.720. The summed E-state index contributed by atoms with van der Waals surface area (Å²) in [6.45, 7) is 2.03. The van der Waals surface area contributed by atoms with Crippen LogP contribution in [-0.2, 0) is 0 Å². The topological polar surface area (TPSA) is 47.1 Å². The van der Waals surface area contributed by atoms with E-state index in [0.29, 0.717) is 0 Å². The van der Waals surface area contributed by atoms with Crippen LogP contribution in [0.1, 0.15) is 5.56 Å². The third-order valence-corrected chi connectivity index (χ3v) is 2.52. The Morgan fingerprint density at radius 3 is 2.38 bits per heavy atom. The Labute approximate surface area is 94.2 Å². The molecule has 0 fully saturated rings. The maximum Gasteiger partial charge on any atom is 0.161 e. The fraction of sp³-hybridized carbons (Fsp3) is 0.250. The molecule has 2 aromatic rings. The van der Waals surface area contributed by atoms with Gasteiger partial charge in [0.15, 0.2) is 11.5 Å². The normalized spacial score (nSPS) is 10.2. The predicted octanol–water partition coefficient (Wildman–Crippen LogP) is 2.40. The number of hydrogen-bond donors (Lipinski definition) is 1. The van der Waals surface area contributed by atoms with Gasteiger partial charge in [-0.1, -0.05) is 0 Å². The van der Waals surface area contributed by atoms with E-state index >= 15 is 0 Å². The zero-order valence-corrected chi connectivity index (χ0v) is 9.57. The number of H-pyrrole nitrogens is 1. The van der Waals surface area contributed by atoms with E-state index in [1.165, 1.54) is 0 Å². The summed E-state index contributed by atoms with van der Waals surface area (Å²) >= 11 is 0. The lowest BCUT2D eigenvalue weighted by Crippen LogP contribution is -1.93. The second-order valence-electron chi connectivity index (χ2n) is 3.49. The molecule has 4 nitrogen and oxygen atoms in total. The molecule has 16 heavy (non-hydrogen) atoms. The Morgan fingerprint density at radius 2 is 1.81 bits per heavy atom. The monoisotopic (exact) mass is 218 g/mol. The molecule has 84 valence electrons. The Morgan fingerprint density at radius 1 is 1.12 bits per heavy atom. The fourth-order valence-electron chi connectivity index (χ4n) is 1.68. The maximum absolute atomic E-state index is 5.27. The Bertz CT molecular complexity index is 478. The molecule has 0 aliphatic heterocycles. The van der Waals surface area contributed by atoms with Crippen LogP contribution in [-0.4, -0.2) is 24.4 Å². The van der Waals surface area contributed by atoms with Crippen LogP contribution in [0.2, 0.25) is 0 Å². The van der Waals surface area contributed by atoms with Crippen LogP contribution >= 0.6 is 0 Å². The number of ether oxygens (including phenoxy) is 2. The van der Waals surface area contributed by atoms with Crippen LogP contribution in [0.4, 0.5) is 0 Å². The van der Waals surface area contributed by atoms with Gasteiger partial charge in [-0.2, -0.15) is 5.10 Å². The number of aromatic amines is 1. The molecule has 1 N–H and O–H groups in total. The van der Waals surface area contributed by atoms with E-state index in [9.17, 15) is 0 Å². The summed E-state index contributed by atoms with van der Waals surface area (Å²) in [5.41, 5.74) is 3.15. The zero-order valence-electron chi connectivity index (χ0n) is 9.57. The van der Waals surface area contributed by atoms with Gasteiger partial charge in [0.25, 0.3) is 0 Å². The van der Waals surface area contributed by atoms with Crippen LogP contribution in [0.5, 0.6) is 11.5 Å². The van der Waals surface area contributed by atoms with Crippen molar-refractivity contribution in [2.24, 2.45) is 0 Å². The highest BCUT2D eigenvalue weighted by atomic mass is 16.5. The van der Waals surface area contributed by atoms with Crippen molar-refractivity contribution in [1.82, 2.24) is 10.2 Å². The van der Waals surface area contributed by atoms with Crippen molar-refractivity contribution >= 4 is 0 Å². The van der Waals surface area contributed by atoms with Gasteiger partial charge in [0, 0.05) is 11.8 Å². The molecule has 0 bridgehead atoms. The van der Waals surface area contributed by atoms with Gasteiger partial charge < -0.3 is 9.47 Å². The Hall–Kier alpha value is -1.97. The van der Waals surface area contributed by atoms with Crippen LogP contribution in [0.15, 0.2) is 24.4 Å². The van der Waals surface area contributed by atoms with Gasteiger partial charge in [0.05, 0.1) is 19.9 Å². The van der Waals surface area contributed by atoms with Crippen molar-refractivity contribution in [2.75, 3.05) is 14.2 Å². The molecular formula is C12H14N2O2. The van der Waals surface area contributed by atoms with E-state index in [1.807, 2.05) is 25.1 Å². The molecule has 0 saturated carbocycles. The smallest absolute Gasteiger partial charge is 0.161 e. The van der Waals surface area contributed by atoms with Crippen molar-refractivity contribution in [3.05, 3.63) is 30.0 Å². The van der Waals surface area contributed by atoms with Crippen LogP contribution < -0.4 is 9.47 Å². The number of nitrogens with one attached hydrogen (secondary N) is 1. The van der Waals surface area contributed by atoms with Crippen molar-refractivity contribution in [3.8, 4) is 22.8 Å². The minimum Gasteiger partial charge on any atom is -0.493 e. The molecule has 0 unspecified atom stereocenters. The third-order valence-electron chi connectivity index (χ3n) is 2.52. The zero-order chi connectivity index (χ0) is 11.5. The SMILES string of the molecule is COc1cc(C)c(-c2ccn[nH]2)cc1OC. The summed E-state index contributed by atoms with van der Waals surface area (Å²) in [5, 5.41) is 6.88. The number of rotatable bonds is 3. The molecule has 0 radical (unpaired) electrons. The lowest BCUT2D eigenvalue weighted by molar-refractivity contribution is 0.355. The van der Waals surface area contributed by atoms with Crippen molar-refractivity contribution < 1.29 is 9.47 Å². The first kappa shape index (κ1) is 10.5. The van der Waals surface area contributed by atoms with Gasteiger partial charge in [-0.15, -0.1) is 0 Å². The molecule has 0 aliphatic carbocycles. The van der Waals surface area contributed by atoms with Crippen molar-refractivity contribution in [1.29, 1.82) is 0 Å². The summed E-state index contributed by atoms with van der Waals surface area (Å²) in [6.07, 6.45) is 1.73. The van der Waals surface area contributed by atoms with E-state index in [0.717, 1.165) is 28.3 Å². The number of aromatic nitrogens is 2. The third kappa shape index (κ3) is 1.74. The van der Waals surface area contributed by atoms with Crippen LogP contribution in [0.25, 0.3) is 11.3 Å². The first-order valence-corrected chi connectivity index (χ1v) is 4.98. The molecule has 1 aromatic carbocycles. The molecule has 0 saturated heterocycles. The van der Waals surface area contributed by atoms with Crippen LogP contribution in [0, 0.1) is 6.92 Å². The second kappa shape index (κ2) is 4.26.